The Labute approximate surface area is 96.7 Å². The lowest BCUT2D eigenvalue weighted by Crippen LogP contribution is -1.94. The van der Waals surface area contributed by atoms with Gasteiger partial charge in [0, 0.05) is 17.1 Å². The molecule has 2 rings (SSSR count). The highest BCUT2D eigenvalue weighted by molar-refractivity contribution is 9.10. The fourth-order valence-electron chi connectivity index (χ4n) is 1.24. The molecule has 0 spiro atoms. The second kappa shape index (κ2) is 4.40. The molecule has 0 aliphatic carbocycles. The molecule has 4 heteroatoms. The van der Waals surface area contributed by atoms with Gasteiger partial charge in [0.1, 0.15) is 5.82 Å². The summed E-state index contributed by atoms with van der Waals surface area (Å²) in [5.74, 6) is 0.774. The average Bonchev–Trinajstić information content (AvgIpc) is 2.30. The van der Waals surface area contributed by atoms with Crippen LogP contribution in [0.3, 0.4) is 0 Å². The molecule has 0 radical (unpaired) electrons. The topological polar surface area (TPSA) is 37.8 Å². The first-order chi connectivity index (χ1) is 7.29. The van der Waals surface area contributed by atoms with Crippen LogP contribution in [0.4, 0.5) is 5.82 Å². The van der Waals surface area contributed by atoms with E-state index in [-0.39, 0.29) is 0 Å². The summed E-state index contributed by atoms with van der Waals surface area (Å²) >= 11 is 3.39. The third-order valence-electron chi connectivity index (χ3n) is 2.06. The largest absolute Gasteiger partial charge is 0.372 e. The van der Waals surface area contributed by atoms with Crippen LogP contribution in [0.15, 0.2) is 40.9 Å². The molecule has 3 nitrogen and oxygen atoms in total. The molecule has 0 amide bonds. The fraction of sp³-hybridized carbons (Fsp3) is 0.0909. The van der Waals surface area contributed by atoms with Gasteiger partial charge in [0.15, 0.2) is 0 Å². The molecule has 0 bridgehead atoms. The highest BCUT2D eigenvalue weighted by Gasteiger charge is 1.99. The summed E-state index contributed by atoms with van der Waals surface area (Å²) in [6.07, 6.45) is 0. The van der Waals surface area contributed by atoms with Crippen LogP contribution in [0, 0.1) is 0 Å². The van der Waals surface area contributed by atoms with Gasteiger partial charge in [-0.25, -0.2) is 0 Å². The van der Waals surface area contributed by atoms with Gasteiger partial charge in [-0.3, -0.25) is 0 Å². The molecule has 2 aromatic rings. The van der Waals surface area contributed by atoms with Crippen LogP contribution >= 0.6 is 15.9 Å². The Bertz CT molecular complexity index is 436. The van der Waals surface area contributed by atoms with Gasteiger partial charge in [0.2, 0.25) is 0 Å². The molecule has 0 aliphatic rings. The molecule has 1 aromatic heterocycles. The number of benzene rings is 1. The Morgan fingerprint density at radius 2 is 1.73 bits per heavy atom. The van der Waals surface area contributed by atoms with Crippen LogP contribution in [0.2, 0.25) is 0 Å². The van der Waals surface area contributed by atoms with Crippen molar-refractivity contribution < 1.29 is 0 Å². The molecule has 0 saturated heterocycles. The van der Waals surface area contributed by atoms with Gasteiger partial charge in [-0.1, -0.05) is 28.1 Å². The molecule has 0 atom stereocenters. The highest BCUT2D eigenvalue weighted by atomic mass is 79.9. The molecule has 0 aliphatic heterocycles. The summed E-state index contributed by atoms with van der Waals surface area (Å²) in [7, 11) is 1.82. The minimum absolute atomic E-state index is 0.774. The summed E-state index contributed by atoms with van der Waals surface area (Å²) in [6, 6.07) is 11.8. The maximum atomic E-state index is 4.12. The molecule has 1 N–H and O–H groups in total. The second-order valence-corrected chi connectivity index (χ2v) is 3.98. The number of hydrogen-bond acceptors (Lipinski definition) is 3. The first-order valence-corrected chi connectivity index (χ1v) is 5.36. The zero-order valence-electron chi connectivity index (χ0n) is 8.24. The fourth-order valence-corrected chi connectivity index (χ4v) is 1.50. The third-order valence-corrected chi connectivity index (χ3v) is 2.59. The van der Waals surface area contributed by atoms with Crippen LogP contribution < -0.4 is 5.32 Å². The van der Waals surface area contributed by atoms with Crippen molar-refractivity contribution in [3.05, 3.63) is 40.9 Å². The summed E-state index contributed by atoms with van der Waals surface area (Å²) in [5, 5.41) is 11.1. The van der Waals surface area contributed by atoms with Crippen molar-refractivity contribution in [3.8, 4) is 11.3 Å². The highest BCUT2D eigenvalue weighted by Crippen LogP contribution is 2.19. The van der Waals surface area contributed by atoms with Crippen LogP contribution in [-0.2, 0) is 0 Å². The second-order valence-electron chi connectivity index (χ2n) is 3.06. The summed E-state index contributed by atoms with van der Waals surface area (Å²) < 4.78 is 1.06. The van der Waals surface area contributed by atoms with Crippen molar-refractivity contribution in [3.63, 3.8) is 0 Å². The molecule has 15 heavy (non-hydrogen) atoms. The number of nitrogens with one attached hydrogen (secondary N) is 1. The van der Waals surface area contributed by atoms with Gasteiger partial charge < -0.3 is 5.32 Å². The first kappa shape index (κ1) is 10.1. The Morgan fingerprint density at radius 1 is 1.00 bits per heavy atom. The van der Waals surface area contributed by atoms with E-state index in [0.29, 0.717) is 0 Å². The van der Waals surface area contributed by atoms with E-state index < -0.39 is 0 Å². The smallest absolute Gasteiger partial charge is 0.148 e. The van der Waals surface area contributed by atoms with Crippen molar-refractivity contribution in [1.29, 1.82) is 0 Å². The monoisotopic (exact) mass is 263 g/mol. The van der Waals surface area contributed by atoms with Crippen LogP contribution in [0.1, 0.15) is 0 Å². The maximum Gasteiger partial charge on any atom is 0.148 e. The molecule has 1 aromatic carbocycles. The van der Waals surface area contributed by atoms with Crippen LogP contribution in [-0.4, -0.2) is 17.2 Å². The van der Waals surface area contributed by atoms with Crippen molar-refractivity contribution in [2.24, 2.45) is 0 Å². The number of rotatable bonds is 2. The van der Waals surface area contributed by atoms with Crippen molar-refractivity contribution >= 4 is 21.7 Å². The number of halogens is 1. The normalized spacial score (nSPS) is 10.0. The standard InChI is InChI=1S/C11H10BrN3/c1-13-11-7-6-10(14-15-11)8-2-4-9(12)5-3-8/h2-7H,1H3,(H,13,15). The molecule has 1 heterocycles. The van der Waals surface area contributed by atoms with E-state index in [1.807, 2.05) is 43.4 Å². The molecular weight excluding hydrogens is 254 g/mol. The van der Waals surface area contributed by atoms with E-state index in [1.54, 1.807) is 0 Å². The average molecular weight is 264 g/mol. The van der Waals surface area contributed by atoms with Crippen LogP contribution in [0.5, 0.6) is 0 Å². The molecular formula is C11H10BrN3. The van der Waals surface area contributed by atoms with Gasteiger partial charge >= 0.3 is 0 Å². The maximum absolute atomic E-state index is 4.12. The lowest BCUT2D eigenvalue weighted by Gasteiger charge is -2.01. The van der Waals surface area contributed by atoms with Crippen LogP contribution in [0.25, 0.3) is 11.3 Å². The number of hydrogen-bond donors (Lipinski definition) is 1. The Balaban J connectivity index is 2.33. The number of aromatic nitrogens is 2. The predicted octanol–water partition coefficient (Wildman–Crippen LogP) is 2.95. The van der Waals surface area contributed by atoms with Crippen molar-refractivity contribution in [2.45, 2.75) is 0 Å². The quantitative estimate of drug-likeness (QED) is 0.906. The van der Waals surface area contributed by atoms with Gasteiger partial charge in [-0.2, -0.15) is 0 Å². The minimum Gasteiger partial charge on any atom is -0.372 e. The zero-order valence-corrected chi connectivity index (χ0v) is 9.82. The molecule has 0 unspecified atom stereocenters. The van der Waals surface area contributed by atoms with E-state index in [2.05, 4.69) is 31.4 Å². The van der Waals surface area contributed by atoms with Gasteiger partial charge in [-0.05, 0) is 24.3 Å². The Kier molecular flexibility index (Phi) is 2.97. The van der Waals surface area contributed by atoms with Crippen molar-refractivity contribution in [1.82, 2.24) is 10.2 Å². The van der Waals surface area contributed by atoms with E-state index in [0.717, 1.165) is 21.5 Å². The minimum atomic E-state index is 0.774. The molecule has 76 valence electrons. The SMILES string of the molecule is CNc1ccc(-c2ccc(Br)cc2)nn1. The van der Waals surface area contributed by atoms with Crippen molar-refractivity contribution in [2.75, 3.05) is 12.4 Å². The van der Waals surface area contributed by atoms with Gasteiger partial charge in [0.25, 0.3) is 0 Å². The van der Waals surface area contributed by atoms with Gasteiger partial charge in [-0.15, -0.1) is 10.2 Å². The third kappa shape index (κ3) is 2.33. The van der Waals surface area contributed by atoms with E-state index >= 15 is 0 Å². The Hall–Kier alpha value is -1.42. The lowest BCUT2D eigenvalue weighted by molar-refractivity contribution is 1.04. The van der Waals surface area contributed by atoms with Gasteiger partial charge in [0.05, 0.1) is 5.69 Å². The molecule has 0 fully saturated rings. The predicted molar refractivity (Wildman–Crippen MR) is 64.7 cm³/mol. The van der Waals surface area contributed by atoms with E-state index in [4.69, 9.17) is 0 Å². The summed E-state index contributed by atoms with van der Waals surface area (Å²) in [4.78, 5) is 0. The van der Waals surface area contributed by atoms with E-state index in [1.165, 1.54) is 0 Å². The summed E-state index contributed by atoms with van der Waals surface area (Å²) in [5.41, 5.74) is 1.94. The molecule has 0 saturated carbocycles. The zero-order chi connectivity index (χ0) is 10.7. The Morgan fingerprint density at radius 3 is 2.27 bits per heavy atom. The lowest BCUT2D eigenvalue weighted by atomic mass is 10.1. The van der Waals surface area contributed by atoms with E-state index in [9.17, 15) is 0 Å². The number of nitrogens with zero attached hydrogens (tertiary/aromatic N) is 2. The summed E-state index contributed by atoms with van der Waals surface area (Å²) in [6.45, 7) is 0. The first-order valence-electron chi connectivity index (χ1n) is 4.57. The number of anilines is 1.